The summed E-state index contributed by atoms with van der Waals surface area (Å²) in [5, 5.41) is 10.1. The fourth-order valence-electron chi connectivity index (χ4n) is 3.80. The van der Waals surface area contributed by atoms with Gasteiger partial charge >= 0.3 is 5.97 Å². The number of fused-ring (bicyclic) bond motifs is 3. The number of carboxylic acids is 1. The Morgan fingerprint density at radius 1 is 1.13 bits per heavy atom. The molecule has 0 fully saturated rings. The lowest BCUT2D eigenvalue weighted by molar-refractivity contribution is 0.0697. The zero-order valence-corrected chi connectivity index (χ0v) is 16.6. The monoisotopic (exact) mass is 416 g/mol. The van der Waals surface area contributed by atoms with Crippen LogP contribution in [0.4, 0.5) is 0 Å². The highest BCUT2D eigenvalue weighted by atomic mass is 35.5. The van der Waals surface area contributed by atoms with Gasteiger partial charge in [0, 0.05) is 17.1 Å². The highest BCUT2D eigenvalue weighted by Gasteiger charge is 2.20. The van der Waals surface area contributed by atoms with Crippen LogP contribution >= 0.6 is 11.6 Å². The second-order valence-electron chi connectivity index (χ2n) is 7.11. The molecule has 5 nitrogen and oxygen atoms in total. The number of carbonyl (C=O) groups is 1. The van der Waals surface area contributed by atoms with E-state index in [9.17, 15) is 9.90 Å². The topological polar surface area (TPSA) is 64.3 Å². The summed E-state index contributed by atoms with van der Waals surface area (Å²) < 4.78 is 8.03. The smallest absolute Gasteiger partial charge is 0.335 e. The number of carboxylic acid groups (broad SMARTS) is 1. The van der Waals surface area contributed by atoms with E-state index >= 15 is 0 Å². The fourth-order valence-corrected chi connectivity index (χ4v) is 3.97. The predicted molar refractivity (Wildman–Crippen MR) is 116 cm³/mol. The van der Waals surface area contributed by atoms with Crippen LogP contribution in [0.2, 0.25) is 5.02 Å². The summed E-state index contributed by atoms with van der Waals surface area (Å²) >= 11 is 6.07. The lowest BCUT2D eigenvalue weighted by Crippen LogP contribution is -2.00. The average Bonchev–Trinajstić information content (AvgIpc) is 3.07. The van der Waals surface area contributed by atoms with Crippen LogP contribution in [0, 0.1) is 0 Å². The van der Waals surface area contributed by atoms with Gasteiger partial charge < -0.3 is 14.4 Å². The van der Waals surface area contributed by atoms with Gasteiger partial charge in [-0.2, -0.15) is 0 Å². The number of imidazole rings is 1. The van der Waals surface area contributed by atoms with Gasteiger partial charge in [0.15, 0.2) is 0 Å². The van der Waals surface area contributed by atoms with Gasteiger partial charge in [0.25, 0.3) is 0 Å². The quantitative estimate of drug-likeness (QED) is 0.484. The van der Waals surface area contributed by atoms with Crippen molar-refractivity contribution >= 4 is 34.2 Å². The molecule has 30 heavy (non-hydrogen) atoms. The summed E-state index contributed by atoms with van der Waals surface area (Å²) in [6.07, 6.45) is 3.87. The Hall–Kier alpha value is -3.57. The number of allylic oxidation sites excluding steroid dienone is 1. The van der Waals surface area contributed by atoms with E-state index in [1.54, 1.807) is 24.5 Å². The molecule has 148 valence electrons. The first-order valence-corrected chi connectivity index (χ1v) is 9.87. The molecule has 0 saturated carbocycles. The highest BCUT2D eigenvalue weighted by molar-refractivity contribution is 6.31. The molecule has 0 unspecified atom stereocenters. The molecule has 1 N–H and O–H groups in total. The molecule has 0 saturated heterocycles. The normalized spacial score (nSPS) is 14.1. The first kappa shape index (κ1) is 18.5. The zero-order valence-electron chi connectivity index (χ0n) is 15.9. The number of aromatic carboxylic acids is 1. The van der Waals surface area contributed by atoms with Gasteiger partial charge in [-0.15, -0.1) is 0 Å². The van der Waals surface area contributed by atoms with Crippen molar-refractivity contribution in [3.63, 3.8) is 0 Å². The molecule has 1 aliphatic heterocycles. The summed E-state index contributed by atoms with van der Waals surface area (Å²) in [6.45, 7) is 0.998. The van der Waals surface area contributed by atoms with E-state index in [1.807, 2.05) is 47.0 Å². The fraction of sp³-hybridized carbons (Fsp3) is 0.0833. The van der Waals surface area contributed by atoms with Crippen molar-refractivity contribution in [2.24, 2.45) is 0 Å². The molecule has 0 amide bonds. The lowest BCUT2D eigenvalue weighted by atomic mass is 9.93. The predicted octanol–water partition coefficient (Wildman–Crippen LogP) is 5.41. The molecule has 0 bridgehead atoms. The Kier molecular flexibility index (Phi) is 4.52. The number of hydrogen-bond donors (Lipinski definition) is 1. The SMILES string of the molecule is O=C(O)c1ccc2c(c1)C(=CCn1cnc3cc(Cl)ccc31)c1ccccc1CO2. The second kappa shape index (κ2) is 7.35. The van der Waals surface area contributed by atoms with Gasteiger partial charge in [0.1, 0.15) is 12.4 Å². The van der Waals surface area contributed by atoms with Crippen LogP contribution < -0.4 is 4.74 Å². The minimum Gasteiger partial charge on any atom is -0.488 e. The summed E-state index contributed by atoms with van der Waals surface area (Å²) in [5.74, 6) is -0.295. The molecule has 0 aliphatic carbocycles. The second-order valence-corrected chi connectivity index (χ2v) is 7.55. The molecule has 3 aromatic carbocycles. The van der Waals surface area contributed by atoms with Crippen LogP contribution in [0.1, 0.15) is 27.0 Å². The van der Waals surface area contributed by atoms with E-state index in [1.165, 1.54) is 0 Å². The number of benzene rings is 3. The van der Waals surface area contributed by atoms with Crippen LogP contribution in [0.3, 0.4) is 0 Å². The minimum absolute atomic E-state index is 0.227. The van der Waals surface area contributed by atoms with Crippen LogP contribution in [-0.4, -0.2) is 20.6 Å². The molecule has 0 atom stereocenters. The van der Waals surface area contributed by atoms with E-state index in [0.29, 0.717) is 23.9 Å². The molecule has 4 aromatic rings. The number of ether oxygens (including phenoxy) is 1. The third kappa shape index (κ3) is 3.23. The minimum atomic E-state index is -0.966. The molecule has 2 heterocycles. The molecule has 6 heteroatoms. The van der Waals surface area contributed by atoms with Crippen molar-refractivity contribution in [1.29, 1.82) is 0 Å². The third-order valence-corrected chi connectivity index (χ3v) is 5.52. The van der Waals surface area contributed by atoms with E-state index in [2.05, 4.69) is 11.1 Å². The molecule has 0 spiro atoms. The van der Waals surface area contributed by atoms with E-state index in [-0.39, 0.29) is 5.56 Å². The van der Waals surface area contributed by atoms with Gasteiger partial charge in [-0.25, -0.2) is 9.78 Å². The van der Waals surface area contributed by atoms with Crippen LogP contribution in [0.15, 0.2) is 73.1 Å². The molecule has 1 aliphatic rings. The van der Waals surface area contributed by atoms with Gasteiger partial charge in [-0.05, 0) is 53.1 Å². The maximum absolute atomic E-state index is 11.6. The van der Waals surface area contributed by atoms with Gasteiger partial charge in [0.05, 0.1) is 22.9 Å². The van der Waals surface area contributed by atoms with Crippen molar-refractivity contribution in [3.8, 4) is 5.75 Å². The first-order chi connectivity index (χ1) is 14.6. The van der Waals surface area contributed by atoms with Crippen molar-refractivity contribution in [2.75, 3.05) is 0 Å². The molecular weight excluding hydrogens is 400 g/mol. The Morgan fingerprint density at radius 3 is 2.87 bits per heavy atom. The number of nitrogens with zero attached hydrogens (tertiary/aromatic N) is 2. The Labute approximate surface area is 177 Å². The van der Waals surface area contributed by atoms with E-state index < -0.39 is 5.97 Å². The van der Waals surface area contributed by atoms with Crippen LogP contribution in [-0.2, 0) is 13.2 Å². The highest BCUT2D eigenvalue weighted by Crippen LogP contribution is 2.37. The summed E-state index contributed by atoms with van der Waals surface area (Å²) in [5.41, 5.74) is 5.84. The number of rotatable bonds is 3. The van der Waals surface area contributed by atoms with Crippen molar-refractivity contribution in [1.82, 2.24) is 9.55 Å². The van der Waals surface area contributed by atoms with Crippen molar-refractivity contribution in [3.05, 3.63) is 100 Å². The molecule has 1 aromatic heterocycles. The van der Waals surface area contributed by atoms with E-state index in [4.69, 9.17) is 16.3 Å². The molecule has 0 radical (unpaired) electrons. The Morgan fingerprint density at radius 2 is 2.00 bits per heavy atom. The Balaban J connectivity index is 1.65. The van der Waals surface area contributed by atoms with Crippen LogP contribution in [0.5, 0.6) is 5.75 Å². The van der Waals surface area contributed by atoms with E-state index in [0.717, 1.165) is 33.3 Å². The van der Waals surface area contributed by atoms with Crippen molar-refractivity contribution in [2.45, 2.75) is 13.2 Å². The third-order valence-electron chi connectivity index (χ3n) is 5.28. The number of hydrogen-bond acceptors (Lipinski definition) is 3. The Bertz CT molecular complexity index is 1320. The summed E-state index contributed by atoms with van der Waals surface area (Å²) in [4.78, 5) is 16.0. The summed E-state index contributed by atoms with van der Waals surface area (Å²) in [6, 6.07) is 18.6. The summed E-state index contributed by atoms with van der Waals surface area (Å²) in [7, 11) is 0. The first-order valence-electron chi connectivity index (χ1n) is 9.49. The standard InChI is InChI=1S/C24H17ClN2O3/c25-17-6-7-22-21(12-17)26-14-27(22)10-9-19-18-4-2-1-3-16(18)13-30-23-8-5-15(24(28)29)11-20(19)23/h1-9,11-12,14H,10,13H2,(H,28,29). The van der Waals surface area contributed by atoms with Gasteiger partial charge in [-0.1, -0.05) is 41.9 Å². The van der Waals surface area contributed by atoms with Crippen molar-refractivity contribution < 1.29 is 14.6 Å². The maximum Gasteiger partial charge on any atom is 0.335 e. The van der Waals surface area contributed by atoms with Gasteiger partial charge in [0.2, 0.25) is 0 Å². The number of aromatic nitrogens is 2. The largest absolute Gasteiger partial charge is 0.488 e. The number of halogens is 1. The molecular formula is C24H17ClN2O3. The lowest BCUT2D eigenvalue weighted by Gasteiger charge is -2.12. The zero-order chi connectivity index (χ0) is 20.7. The van der Waals surface area contributed by atoms with Gasteiger partial charge in [-0.3, -0.25) is 0 Å². The average molecular weight is 417 g/mol. The molecule has 5 rings (SSSR count). The van der Waals surface area contributed by atoms with Crippen LogP contribution in [0.25, 0.3) is 16.6 Å². The maximum atomic E-state index is 11.6.